The number of rotatable bonds is 8. The molecule has 2 aromatic carbocycles. The van der Waals surface area contributed by atoms with E-state index >= 15 is 0 Å². The van der Waals surface area contributed by atoms with Crippen LogP contribution in [0.4, 0.5) is 0 Å². The Hall–Kier alpha value is -1.73. The van der Waals surface area contributed by atoms with Gasteiger partial charge in [0.05, 0.1) is 11.2 Å². The molecule has 2 nitrogen and oxygen atoms in total. The van der Waals surface area contributed by atoms with Crippen molar-refractivity contribution in [1.82, 2.24) is 0 Å². The van der Waals surface area contributed by atoms with Crippen LogP contribution in [0.15, 0.2) is 47.8 Å². The lowest BCUT2D eigenvalue weighted by Crippen LogP contribution is -2.64. The van der Waals surface area contributed by atoms with Gasteiger partial charge in [-0.1, -0.05) is 59.9 Å². The highest BCUT2D eigenvalue weighted by atomic mass is 28.4. The van der Waals surface area contributed by atoms with Crippen molar-refractivity contribution in [3.8, 4) is 0 Å². The van der Waals surface area contributed by atoms with Crippen LogP contribution in [-0.2, 0) is 34.5 Å². The van der Waals surface area contributed by atoms with E-state index < -0.39 is 16.6 Å². The van der Waals surface area contributed by atoms with Gasteiger partial charge >= 0.3 is 0 Å². The molecule has 200 valence electrons. The molecule has 38 heavy (non-hydrogen) atoms. The van der Waals surface area contributed by atoms with Crippen LogP contribution in [-0.4, -0.2) is 27.8 Å². The Kier molecular flexibility index (Phi) is 5.91. The Balaban J connectivity index is 1.07. The van der Waals surface area contributed by atoms with Crippen LogP contribution < -0.4 is 0 Å². The van der Waals surface area contributed by atoms with E-state index in [0.29, 0.717) is 0 Å². The number of fused-ring (bicyclic) bond motifs is 2. The molecule has 6 aliphatic carbocycles. The monoisotopic (exact) mass is 540 g/mol. The smallest absolute Gasteiger partial charge is 0.211 e. The van der Waals surface area contributed by atoms with Crippen LogP contribution in [0, 0.1) is 11.8 Å². The Bertz CT molecular complexity index is 1210. The zero-order chi connectivity index (χ0) is 26.2. The van der Waals surface area contributed by atoms with Gasteiger partial charge in [0.2, 0.25) is 16.6 Å². The Morgan fingerprint density at radius 3 is 1.42 bits per heavy atom. The molecule has 4 bridgehead atoms. The predicted molar refractivity (Wildman–Crippen MR) is 163 cm³/mol. The second-order valence-corrected chi connectivity index (χ2v) is 21.9. The molecule has 0 N–H and O–H groups in total. The van der Waals surface area contributed by atoms with Crippen molar-refractivity contribution >= 4 is 28.8 Å². The van der Waals surface area contributed by atoms with Crippen LogP contribution in [0.1, 0.15) is 71.9 Å². The quantitative estimate of drug-likeness (QED) is 0.314. The minimum absolute atomic E-state index is 0.0144. The summed E-state index contributed by atoms with van der Waals surface area (Å²) in [6, 6.07) is 14.0. The first-order valence-corrected chi connectivity index (χ1v) is 21.1. The molecule has 4 saturated carbocycles. The van der Waals surface area contributed by atoms with Crippen LogP contribution in [0.2, 0.25) is 26.2 Å². The molecule has 4 heteroatoms. The van der Waals surface area contributed by atoms with Crippen molar-refractivity contribution in [2.75, 3.05) is 0 Å². The largest absolute Gasteiger partial charge is 0.408 e. The van der Waals surface area contributed by atoms with E-state index in [1.165, 1.54) is 91.2 Å². The summed E-state index contributed by atoms with van der Waals surface area (Å²) in [5, 5.41) is 0. The van der Waals surface area contributed by atoms with Gasteiger partial charge in [0.1, 0.15) is 0 Å². The minimum atomic E-state index is -1.98. The number of hydrogen-bond acceptors (Lipinski definition) is 2. The first-order chi connectivity index (χ1) is 18.1. The summed E-state index contributed by atoms with van der Waals surface area (Å²) in [4.78, 5) is 0. The molecule has 0 saturated heterocycles. The molecule has 4 fully saturated rings. The van der Waals surface area contributed by atoms with Gasteiger partial charge in [-0.2, -0.15) is 0 Å². The highest BCUT2D eigenvalue weighted by molar-refractivity contribution is 6.77. The van der Waals surface area contributed by atoms with Gasteiger partial charge in [0.15, 0.2) is 0 Å². The summed E-state index contributed by atoms with van der Waals surface area (Å²) in [5.74, 6) is 1.53. The van der Waals surface area contributed by atoms with E-state index in [2.05, 4.69) is 86.1 Å². The molecule has 0 aliphatic heterocycles. The van der Waals surface area contributed by atoms with Crippen molar-refractivity contribution in [2.24, 2.45) is 11.8 Å². The van der Waals surface area contributed by atoms with E-state index in [9.17, 15) is 0 Å². The molecule has 2 aromatic rings. The number of aryl methyl sites for hydroxylation is 4. The third kappa shape index (κ3) is 4.87. The molecule has 0 radical (unpaired) electrons. The molecule has 0 atom stereocenters. The normalized spacial score (nSPS) is 31.4. The van der Waals surface area contributed by atoms with Crippen molar-refractivity contribution < 1.29 is 8.85 Å². The molecule has 0 spiro atoms. The molecular weight excluding hydrogens is 497 g/mol. The average molecular weight is 541 g/mol. The molecule has 0 heterocycles. The number of benzene rings is 2. The zero-order valence-corrected chi connectivity index (χ0v) is 25.8. The van der Waals surface area contributed by atoms with Gasteiger partial charge in [0.25, 0.3) is 0 Å². The van der Waals surface area contributed by atoms with Gasteiger partial charge < -0.3 is 8.85 Å². The minimum Gasteiger partial charge on any atom is -0.408 e. The van der Waals surface area contributed by atoms with Crippen LogP contribution in [0.5, 0.6) is 0 Å². The van der Waals surface area contributed by atoms with Crippen molar-refractivity contribution in [3.05, 3.63) is 81.2 Å². The second kappa shape index (κ2) is 8.89. The fourth-order valence-corrected chi connectivity index (χ4v) is 12.8. The second-order valence-electron chi connectivity index (χ2n) is 14.5. The lowest BCUT2D eigenvalue weighted by Gasteiger charge is -2.63. The number of hydrogen-bond donors (Lipinski definition) is 0. The van der Waals surface area contributed by atoms with E-state index in [1.54, 1.807) is 0 Å². The molecular formula is C34H44O2Si2. The summed E-state index contributed by atoms with van der Waals surface area (Å²) in [7, 11) is -3.96. The summed E-state index contributed by atoms with van der Waals surface area (Å²) in [6.45, 7) is 9.58. The fraction of sp³-hybridized carbons (Fsp3) is 0.529. The average Bonchev–Trinajstić information content (AvgIpc) is 2.77. The SMILES string of the molecule is C[Si](C)(/C=C/c1ccc2c(c1)CC2)OC12CC3CC(C1)CC(O[Si](C)(C)/C=C/c1ccc4c(c1)CC4)(C3)C2. The molecule has 0 amide bonds. The van der Waals surface area contributed by atoms with Gasteiger partial charge in [0, 0.05) is 6.42 Å². The maximum absolute atomic E-state index is 7.30. The Morgan fingerprint density at radius 1 is 0.632 bits per heavy atom. The van der Waals surface area contributed by atoms with E-state index in [1.807, 2.05) is 0 Å². The summed E-state index contributed by atoms with van der Waals surface area (Å²) >= 11 is 0. The first-order valence-electron chi connectivity index (χ1n) is 15.1. The molecule has 8 rings (SSSR count). The maximum atomic E-state index is 7.30. The molecule has 6 aliphatic rings. The maximum Gasteiger partial charge on any atom is 0.211 e. The highest BCUT2D eigenvalue weighted by Crippen LogP contribution is 2.61. The van der Waals surface area contributed by atoms with Gasteiger partial charge in [-0.3, -0.25) is 0 Å². The zero-order valence-electron chi connectivity index (χ0n) is 23.8. The highest BCUT2D eigenvalue weighted by Gasteiger charge is 2.60. The Labute approximate surface area is 231 Å². The summed E-state index contributed by atoms with van der Waals surface area (Å²) < 4.78 is 14.6. The van der Waals surface area contributed by atoms with Crippen molar-refractivity contribution in [2.45, 2.75) is 102 Å². The van der Waals surface area contributed by atoms with E-state index in [4.69, 9.17) is 8.85 Å². The van der Waals surface area contributed by atoms with Crippen LogP contribution >= 0.6 is 0 Å². The third-order valence-corrected chi connectivity index (χ3v) is 13.9. The van der Waals surface area contributed by atoms with Crippen LogP contribution in [0.25, 0.3) is 12.2 Å². The molecule has 0 aromatic heterocycles. The third-order valence-electron chi connectivity index (χ3n) is 10.1. The fourth-order valence-electron chi connectivity index (χ4n) is 8.75. The summed E-state index contributed by atoms with van der Waals surface area (Å²) in [6.07, 6.45) is 17.1. The van der Waals surface area contributed by atoms with Crippen molar-refractivity contribution in [3.63, 3.8) is 0 Å². The van der Waals surface area contributed by atoms with E-state index in [0.717, 1.165) is 18.3 Å². The topological polar surface area (TPSA) is 18.5 Å². The standard InChI is InChI=1S/C34H44O2Si2/c1-37(2,15-13-25-5-7-29-9-11-31(29)18-25)35-33-20-27-17-28(21-33)23-34(22-27,24-33)36-38(3,4)16-14-26-6-8-30-10-12-32(30)19-26/h5-8,13-16,18-19,27-28H,9-12,17,20-24H2,1-4H3/b15-13+,16-14+. The first kappa shape index (κ1) is 25.3. The Morgan fingerprint density at radius 2 is 1.05 bits per heavy atom. The van der Waals surface area contributed by atoms with Gasteiger partial charge in [-0.25, -0.2) is 0 Å². The van der Waals surface area contributed by atoms with Gasteiger partial charge in [-0.15, -0.1) is 0 Å². The van der Waals surface area contributed by atoms with Crippen molar-refractivity contribution in [1.29, 1.82) is 0 Å². The lowest BCUT2D eigenvalue weighted by atomic mass is 9.52. The van der Waals surface area contributed by atoms with E-state index in [-0.39, 0.29) is 11.2 Å². The predicted octanol–water partition coefficient (Wildman–Crippen LogP) is 8.22. The van der Waals surface area contributed by atoms with Crippen LogP contribution in [0.3, 0.4) is 0 Å². The van der Waals surface area contributed by atoms with Gasteiger partial charge in [-0.05, 0) is 129 Å². The molecule has 0 unspecified atom stereocenters. The summed E-state index contributed by atoms with van der Waals surface area (Å²) in [5.41, 5.74) is 13.7. The lowest BCUT2D eigenvalue weighted by molar-refractivity contribution is -0.182.